The Morgan fingerprint density at radius 1 is 1.32 bits per heavy atom. The molecular weight excluding hydrogens is 309 g/mol. The predicted molar refractivity (Wildman–Crippen MR) is 75.7 cm³/mol. The van der Waals surface area contributed by atoms with E-state index in [-0.39, 0.29) is 17.8 Å². The lowest BCUT2D eigenvalue weighted by Crippen LogP contribution is -2.07. The molecule has 0 amide bonds. The third-order valence-corrected chi connectivity index (χ3v) is 3.36. The topological polar surface area (TPSA) is 30.0 Å². The number of Topliss-reactive ketones (excluding diaryl/α,β-unsaturated/α-hetero) is 1. The Balaban J connectivity index is 2.15. The molecule has 0 fully saturated rings. The Morgan fingerprint density at radius 3 is 2.68 bits per heavy atom. The number of aryl methyl sites for hydroxylation is 1. The third-order valence-electron chi connectivity index (χ3n) is 2.87. The van der Waals surface area contributed by atoms with Crippen molar-refractivity contribution in [2.45, 2.75) is 19.8 Å². The summed E-state index contributed by atoms with van der Waals surface area (Å²) in [6, 6.07) is 8.19. The lowest BCUT2D eigenvalue weighted by atomic mass is 10.1. The predicted octanol–water partition coefficient (Wildman–Crippen LogP) is 3.97. The first-order valence-corrected chi connectivity index (χ1v) is 6.81. The fraction of sp³-hybridized carbons (Fsp3) is 0.200. The number of hydrogen-bond donors (Lipinski definition) is 0. The molecule has 0 saturated heterocycles. The smallest absolute Gasteiger partial charge is 0.171 e. The van der Waals surface area contributed by atoms with Crippen LogP contribution in [0.25, 0.3) is 0 Å². The molecule has 0 aliphatic rings. The van der Waals surface area contributed by atoms with E-state index in [0.29, 0.717) is 10.2 Å². The number of ketones is 1. The Morgan fingerprint density at radius 2 is 2.11 bits per heavy atom. The van der Waals surface area contributed by atoms with Crippen LogP contribution in [-0.4, -0.2) is 10.8 Å². The maximum absolute atomic E-state index is 13.7. The van der Waals surface area contributed by atoms with Gasteiger partial charge in [-0.05, 0) is 36.2 Å². The van der Waals surface area contributed by atoms with Gasteiger partial charge in [-0.1, -0.05) is 28.9 Å². The van der Waals surface area contributed by atoms with Gasteiger partial charge in [0.1, 0.15) is 5.82 Å². The van der Waals surface area contributed by atoms with Crippen molar-refractivity contribution in [1.82, 2.24) is 4.98 Å². The molecule has 1 heterocycles. The van der Waals surface area contributed by atoms with Gasteiger partial charge in [0.2, 0.25) is 0 Å². The van der Waals surface area contributed by atoms with Gasteiger partial charge in [-0.3, -0.25) is 9.78 Å². The zero-order valence-electron chi connectivity index (χ0n) is 10.5. The van der Waals surface area contributed by atoms with E-state index in [1.807, 2.05) is 19.1 Å². The third kappa shape index (κ3) is 3.47. The number of carbonyl (C=O) groups excluding carboxylic acids is 1. The van der Waals surface area contributed by atoms with E-state index >= 15 is 0 Å². The molecular formula is C15H13BrFNO. The molecule has 19 heavy (non-hydrogen) atoms. The van der Waals surface area contributed by atoms with Gasteiger partial charge in [0.05, 0.1) is 12.0 Å². The normalized spacial score (nSPS) is 10.5. The molecule has 0 atom stereocenters. The summed E-state index contributed by atoms with van der Waals surface area (Å²) < 4.78 is 14.3. The van der Waals surface area contributed by atoms with Crippen molar-refractivity contribution in [3.8, 4) is 0 Å². The minimum absolute atomic E-state index is 0.101. The first-order valence-electron chi connectivity index (χ1n) is 6.02. The molecule has 1 aromatic heterocycles. The molecule has 0 aliphatic carbocycles. The van der Waals surface area contributed by atoms with Crippen LogP contribution in [0.15, 0.2) is 41.0 Å². The summed E-state index contributed by atoms with van der Waals surface area (Å²) in [5, 5.41) is 0. The van der Waals surface area contributed by atoms with E-state index in [0.717, 1.165) is 12.0 Å². The number of nitrogens with zero attached hydrogens (tertiary/aromatic N) is 1. The second-order valence-corrected chi connectivity index (χ2v) is 5.15. The standard InChI is InChI=1S/C15H13BrFNO/c1-2-10-3-5-12(18-9-10)8-15(19)13-6-4-11(16)7-14(13)17/h3-7,9H,2,8H2,1H3. The molecule has 98 valence electrons. The molecule has 2 aromatic rings. The molecule has 0 aliphatic heterocycles. The quantitative estimate of drug-likeness (QED) is 0.797. The maximum atomic E-state index is 13.7. The first kappa shape index (κ1) is 13.9. The zero-order chi connectivity index (χ0) is 13.8. The van der Waals surface area contributed by atoms with E-state index in [1.54, 1.807) is 12.3 Å². The lowest BCUT2D eigenvalue weighted by Gasteiger charge is -2.04. The van der Waals surface area contributed by atoms with Gasteiger partial charge in [0.25, 0.3) is 0 Å². The fourth-order valence-electron chi connectivity index (χ4n) is 1.74. The molecule has 1 aromatic carbocycles. The number of carbonyl (C=O) groups is 1. The van der Waals surface area contributed by atoms with Crippen molar-refractivity contribution >= 4 is 21.7 Å². The van der Waals surface area contributed by atoms with Crippen LogP contribution in [-0.2, 0) is 12.8 Å². The van der Waals surface area contributed by atoms with Crippen LogP contribution in [0.3, 0.4) is 0 Å². The number of rotatable bonds is 4. The van der Waals surface area contributed by atoms with Crippen LogP contribution in [0.5, 0.6) is 0 Å². The van der Waals surface area contributed by atoms with Crippen LogP contribution in [0.4, 0.5) is 4.39 Å². The minimum Gasteiger partial charge on any atom is -0.294 e. The highest BCUT2D eigenvalue weighted by Gasteiger charge is 2.13. The van der Waals surface area contributed by atoms with Gasteiger partial charge in [0, 0.05) is 16.4 Å². The number of hydrogen-bond acceptors (Lipinski definition) is 2. The Kier molecular flexibility index (Phi) is 4.43. The van der Waals surface area contributed by atoms with E-state index in [4.69, 9.17) is 0 Å². The van der Waals surface area contributed by atoms with Gasteiger partial charge in [-0.2, -0.15) is 0 Å². The monoisotopic (exact) mass is 321 g/mol. The summed E-state index contributed by atoms with van der Waals surface area (Å²) >= 11 is 3.16. The molecule has 0 saturated carbocycles. The van der Waals surface area contributed by atoms with Crippen LogP contribution >= 0.6 is 15.9 Å². The molecule has 0 unspecified atom stereocenters. The highest BCUT2D eigenvalue weighted by molar-refractivity contribution is 9.10. The van der Waals surface area contributed by atoms with Gasteiger partial charge < -0.3 is 0 Å². The van der Waals surface area contributed by atoms with Crippen molar-refractivity contribution in [2.75, 3.05) is 0 Å². The molecule has 0 N–H and O–H groups in total. The average Bonchev–Trinajstić information content (AvgIpc) is 2.39. The number of aromatic nitrogens is 1. The Hall–Kier alpha value is -1.55. The highest BCUT2D eigenvalue weighted by atomic mass is 79.9. The van der Waals surface area contributed by atoms with Crippen LogP contribution in [0, 0.1) is 5.82 Å². The second kappa shape index (κ2) is 6.06. The zero-order valence-corrected chi connectivity index (χ0v) is 12.1. The van der Waals surface area contributed by atoms with Crippen LogP contribution in [0.2, 0.25) is 0 Å². The molecule has 0 spiro atoms. The van der Waals surface area contributed by atoms with E-state index in [1.165, 1.54) is 12.1 Å². The summed E-state index contributed by atoms with van der Waals surface area (Å²) in [6.07, 6.45) is 2.77. The lowest BCUT2D eigenvalue weighted by molar-refractivity contribution is 0.0988. The summed E-state index contributed by atoms with van der Waals surface area (Å²) in [5.74, 6) is -0.772. The Bertz CT molecular complexity index is 596. The number of halogens is 2. The van der Waals surface area contributed by atoms with E-state index < -0.39 is 5.82 Å². The number of pyridine rings is 1. The SMILES string of the molecule is CCc1ccc(CC(=O)c2ccc(Br)cc2F)nc1. The summed E-state index contributed by atoms with van der Waals surface area (Å²) in [6.45, 7) is 2.04. The minimum atomic E-state index is -0.510. The largest absolute Gasteiger partial charge is 0.294 e. The van der Waals surface area contributed by atoms with Gasteiger partial charge in [-0.15, -0.1) is 0 Å². The molecule has 0 bridgehead atoms. The fourth-order valence-corrected chi connectivity index (χ4v) is 2.08. The average molecular weight is 322 g/mol. The van der Waals surface area contributed by atoms with Crippen molar-refractivity contribution in [1.29, 1.82) is 0 Å². The molecule has 2 rings (SSSR count). The highest BCUT2D eigenvalue weighted by Crippen LogP contribution is 2.17. The summed E-state index contributed by atoms with van der Waals surface area (Å²) in [7, 11) is 0. The second-order valence-electron chi connectivity index (χ2n) is 4.24. The van der Waals surface area contributed by atoms with Gasteiger partial charge in [-0.25, -0.2) is 4.39 Å². The van der Waals surface area contributed by atoms with Gasteiger partial charge >= 0.3 is 0 Å². The molecule has 0 radical (unpaired) electrons. The van der Waals surface area contributed by atoms with Crippen LogP contribution < -0.4 is 0 Å². The summed E-state index contributed by atoms with van der Waals surface area (Å²) in [5.41, 5.74) is 1.88. The van der Waals surface area contributed by atoms with Crippen molar-refractivity contribution in [3.05, 3.63) is 63.6 Å². The number of benzene rings is 1. The van der Waals surface area contributed by atoms with Crippen molar-refractivity contribution in [3.63, 3.8) is 0 Å². The van der Waals surface area contributed by atoms with Crippen LogP contribution in [0.1, 0.15) is 28.5 Å². The molecule has 4 heteroatoms. The first-order chi connectivity index (χ1) is 9.10. The van der Waals surface area contributed by atoms with Crippen molar-refractivity contribution < 1.29 is 9.18 Å². The van der Waals surface area contributed by atoms with Gasteiger partial charge in [0.15, 0.2) is 5.78 Å². The summed E-state index contributed by atoms with van der Waals surface area (Å²) in [4.78, 5) is 16.2. The molecule has 2 nitrogen and oxygen atoms in total. The Labute approximate surface area is 119 Å². The van der Waals surface area contributed by atoms with E-state index in [2.05, 4.69) is 20.9 Å². The van der Waals surface area contributed by atoms with E-state index in [9.17, 15) is 9.18 Å². The van der Waals surface area contributed by atoms with Crippen molar-refractivity contribution in [2.24, 2.45) is 0 Å². The maximum Gasteiger partial charge on any atom is 0.171 e.